The van der Waals surface area contributed by atoms with Crippen molar-refractivity contribution in [1.82, 2.24) is 0 Å². The van der Waals surface area contributed by atoms with E-state index in [4.69, 9.17) is 14.9 Å². The number of carboxylic acid groups (broad SMARTS) is 2. The van der Waals surface area contributed by atoms with E-state index in [1.54, 1.807) is 0 Å². The van der Waals surface area contributed by atoms with Crippen molar-refractivity contribution in [3.8, 4) is 0 Å². The maximum atomic E-state index is 11.0. The number of aliphatic carboxylic acids is 2. The van der Waals surface area contributed by atoms with Crippen LogP contribution in [0.25, 0.3) is 0 Å². The van der Waals surface area contributed by atoms with Crippen molar-refractivity contribution >= 4 is 11.9 Å². The van der Waals surface area contributed by atoms with Crippen molar-refractivity contribution in [2.24, 2.45) is 11.8 Å². The highest BCUT2D eigenvalue weighted by Gasteiger charge is 2.65. The smallest absolute Gasteiger partial charge is 0.336 e. The zero-order chi connectivity index (χ0) is 10.5. The van der Waals surface area contributed by atoms with Crippen LogP contribution in [0.15, 0.2) is 0 Å². The summed E-state index contributed by atoms with van der Waals surface area (Å²) in [4.78, 5) is 21.7. The molecule has 2 aliphatic rings. The van der Waals surface area contributed by atoms with Crippen molar-refractivity contribution in [3.63, 3.8) is 0 Å². The van der Waals surface area contributed by atoms with Crippen LogP contribution in [0.4, 0.5) is 0 Å². The van der Waals surface area contributed by atoms with E-state index in [1.807, 2.05) is 6.92 Å². The van der Waals surface area contributed by atoms with Gasteiger partial charge in [-0.25, -0.2) is 9.59 Å². The largest absolute Gasteiger partial charge is 0.479 e. The van der Waals surface area contributed by atoms with Crippen molar-refractivity contribution in [3.05, 3.63) is 0 Å². The van der Waals surface area contributed by atoms with Crippen LogP contribution in [0, 0.1) is 11.8 Å². The van der Waals surface area contributed by atoms with Crippen molar-refractivity contribution in [2.45, 2.75) is 31.5 Å². The fraction of sp³-hybridized carbons (Fsp3) is 0.778. The molecule has 78 valence electrons. The number of hydrogen-bond donors (Lipinski definition) is 2. The molecule has 2 N–H and O–H groups in total. The number of ether oxygens (including phenoxy) is 1. The van der Waals surface area contributed by atoms with Crippen molar-refractivity contribution in [1.29, 1.82) is 0 Å². The lowest BCUT2D eigenvalue weighted by Crippen LogP contribution is -2.56. The normalized spacial score (nSPS) is 45.4. The van der Waals surface area contributed by atoms with Gasteiger partial charge < -0.3 is 14.9 Å². The van der Waals surface area contributed by atoms with Crippen molar-refractivity contribution in [2.75, 3.05) is 0 Å². The van der Waals surface area contributed by atoms with E-state index in [0.717, 1.165) is 0 Å². The lowest BCUT2D eigenvalue weighted by Gasteiger charge is -2.45. The second-order valence-electron chi connectivity index (χ2n) is 4.16. The van der Waals surface area contributed by atoms with Gasteiger partial charge in [0.15, 0.2) is 11.7 Å². The minimum absolute atomic E-state index is 0.138. The van der Waals surface area contributed by atoms with Crippen LogP contribution in [-0.2, 0) is 14.3 Å². The van der Waals surface area contributed by atoms with Gasteiger partial charge in [-0.3, -0.25) is 0 Å². The zero-order valence-corrected chi connectivity index (χ0v) is 7.77. The van der Waals surface area contributed by atoms with Crippen LogP contribution in [0.3, 0.4) is 0 Å². The quantitative estimate of drug-likeness (QED) is 0.671. The molecule has 14 heavy (non-hydrogen) atoms. The van der Waals surface area contributed by atoms with Gasteiger partial charge in [-0.1, -0.05) is 6.92 Å². The Hall–Kier alpha value is -1.10. The molecule has 2 fully saturated rings. The van der Waals surface area contributed by atoms with E-state index < -0.39 is 23.6 Å². The van der Waals surface area contributed by atoms with E-state index in [0.29, 0.717) is 12.8 Å². The second kappa shape index (κ2) is 2.70. The first kappa shape index (κ1) is 9.45. The third kappa shape index (κ3) is 0.987. The molecule has 0 radical (unpaired) electrons. The molecule has 2 rings (SSSR count). The number of hydrogen-bond acceptors (Lipinski definition) is 3. The second-order valence-corrected chi connectivity index (χ2v) is 4.16. The summed E-state index contributed by atoms with van der Waals surface area (Å²) in [6, 6.07) is 0. The Labute approximate surface area is 80.7 Å². The number of fused-ring (bicyclic) bond motifs is 1. The highest BCUT2D eigenvalue weighted by molar-refractivity contribution is 5.82. The minimum atomic E-state index is -1.21. The number of rotatable bonds is 2. The Bertz CT molecular complexity index is 300. The third-order valence-electron chi connectivity index (χ3n) is 3.37. The molecular formula is C9H12O5. The summed E-state index contributed by atoms with van der Waals surface area (Å²) in [7, 11) is 0. The molecule has 1 saturated heterocycles. The molecule has 0 aromatic carbocycles. The van der Waals surface area contributed by atoms with Gasteiger partial charge in [-0.15, -0.1) is 0 Å². The molecule has 1 heterocycles. The number of carboxylic acids is 2. The Balaban J connectivity index is 2.21. The topological polar surface area (TPSA) is 83.8 Å². The predicted molar refractivity (Wildman–Crippen MR) is 44.8 cm³/mol. The first-order valence-electron chi connectivity index (χ1n) is 4.61. The van der Waals surface area contributed by atoms with E-state index in [9.17, 15) is 9.59 Å². The van der Waals surface area contributed by atoms with Crippen molar-refractivity contribution < 1.29 is 24.5 Å². The van der Waals surface area contributed by atoms with Crippen LogP contribution >= 0.6 is 0 Å². The molecular weight excluding hydrogens is 188 g/mol. The third-order valence-corrected chi connectivity index (χ3v) is 3.37. The molecule has 1 aliphatic carbocycles. The summed E-state index contributed by atoms with van der Waals surface area (Å²) in [6.45, 7) is 1.93. The summed E-state index contributed by atoms with van der Waals surface area (Å²) in [5.41, 5.74) is -1.21. The Morgan fingerprint density at radius 1 is 1.43 bits per heavy atom. The van der Waals surface area contributed by atoms with Gasteiger partial charge >= 0.3 is 11.9 Å². The molecule has 1 aliphatic heterocycles. The van der Waals surface area contributed by atoms with Crippen LogP contribution in [0.1, 0.15) is 19.8 Å². The molecule has 1 saturated carbocycles. The minimum Gasteiger partial charge on any atom is -0.479 e. The van der Waals surface area contributed by atoms with Gasteiger partial charge in [0.05, 0.1) is 0 Å². The summed E-state index contributed by atoms with van der Waals surface area (Å²) in [6.07, 6.45) is -0.194. The molecule has 4 unspecified atom stereocenters. The predicted octanol–water partition coefficient (Wildman–Crippen LogP) is 0.339. The van der Waals surface area contributed by atoms with Gasteiger partial charge in [0.1, 0.15) is 0 Å². The van der Waals surface area contributed by atoms with Gasteiger partial charge in [0.2, 0.25) is 0 Å². The van der Waals surface area contributed by atoms with Gasteiger partial charge in [-0.2, -0.15) is 0 Å². The summed E-state index contributed by atoms with van der Waals surface area (Å²) in [5.74, 6) is -1.98. The maximum absolute atomic E-state index is 11.0. The monoisotopic (exact) mass is 200 g/mol. The van der Waals surface area contributed by atoms with Crippen LogP contribution < -0.4 is 0 Å². The van der Waals surface area contributed by atoms with Crippen LogP contribution in [-0.4, -0.2) is 33.9 Å². The molecule has 4 atom stereocenters. The molecule has 5 heteroatoms. The Kier molecular flexibility index (Phi) is 1.82. The average molecular weight is 200 g/mol. The van der Waals surface area contributed by atoms with E-state index in [2.05, 4.69) is 0 Å². The maximum Gasteiger partial charge on any atom is 0.336 e. The Morgan fingerprint density at radius 2 is 2.07 bits per heavy atom. The van der Waals surface area contributed by atoms with E-state index in [-0.39, 0.29) is 11.8 Å². The molecule has 0 aromatic heterocycles. The summed E-state index contributed by atoms with van der Waals surface area (Å²) in [5, 5.41) is 17.7. The fourth-order valence-electron chi connectivity index (χ4n) is 2.61. The zero-order valence-electron chi connectivity index (χ0n) is 7.77. The molecule has 5 nitrogen and oxygen atoms in total. The summed E-state index contributed by atoms with van der Waals surface area (Å²) < 4.78 is 5.14. The fourth-order valence-corrected chi connectivity index (χ4v) is 2.61. The lowest BCUT2D eigenvalue weighted by molar-refractivity contribution is -0.192. The van der Waals surface area contributed by atoms with Crippen LogP contribution in [0.5, 0.6) is 0 Å². The van der Waals surface area contributed by atoms with Crippen LogP contribution in [0.2, 0.25) is 0 Å². The van der Waals surface area contributed by atoms with Gasteiger partial charge in [0.25, 0.3) is 0 Å². The van der Waals surface area contributed by atoms with E-state index in [1.165, 1.54) is 0 Å². The van der Waals surface area contributed by atoms with E-state index >= 15 is 0 Å². The van der Waals surface area contributed by atoms with Gasteiger partial charge in [0, 0.05) is 5.92 Å². The average Bonchev–Trinajstić information content (AvgIpc) is 2.39. The number of carbonyl (C=O) groups is 2. The SMILES string of the molecule is CC1CC2(C(=O)O)OC(C(=O)O)CC12. The highest BCUT2D eigenvalue weighted by atomic mass is 16.6. The molecule has 0 bridgehead atoms. The lowest BCUT2D eigenvalue weighted by atomic mass is 9.62. The first-order valence-corrected chi connectivity index (χ1v) is 4.61. The first-order chi connectivity index (χ1) is 6.47. The highest BCUT2D eigenvalue weighted by Crippen LogP contribution is 2.54. The molecule has 0 aromatic rings. The van der Waals surface area contributed by atoms with Gasteiger partial charge in [-0.05, 0) is 18.8 Å². The summed E-state index contributed by atoms with van der Waals surface area (Å²) >= 11 is 0. The Morgan fingerprint density at radius 3 is 2.43 bits per heavy atom. The standard InChI is InChI=1S/C9H12O5/c1-4-3-9(8(12)13)5(4)2-6(14-9)7(10)11/h4-6H,2-3H2,1H3,(H,10,11)(H,12,13). The molecule has 0 amide bonds. The molecule has 0 spiro atoms.